The second kappa shape index (κ2) is 9.70. The molecule has 4 heterocycles. The van der Waals surface area contributed by atoms with E-state index in [-0.39, 0.29) is 18.5 Å². The van der Waals surface area contributed by atoms with Gasteiger partial charge in [0.25, 0.3) is 0 Å². The number of likely N-dealkylation sites (tertiary alicyclic amines) is 1. The number of aliphatic hydroxyl groups is 1. The van der Waals surface area contributed by atoms with Gasteiger partial charge in [0.15, 0.2) is 0 Å². The van der Waals surface area contributed by atoms with Crippen LogP contribution in [0.15, 0.2) is 31.0 Å². The van der Waals surface area contributed by atoms with E-state index >= 15 is 0 Å². The maximum Gasteiger partial charge on any atom is 0.417 e. The van der Waals surface area contributed by atoms with Crippen LogP contribution in [0, 0.1) is 5.41 Å². The molecule has 0 bridgehead atoms. The fourth-order valence-electron chi connectivity index (χ4n) is 6.30. The van der Waals surface area contributed by atoms with Gasteiger partial charge in [-0.3, -0.25) is 9.78 Å². The van der Waals surface area contributed by atoms with Crippen LogP contribution in [0.2, 0.25) is 0 Å². The molecule has 2 aromatic heterocycles. The summed E-state index contributed by atoms with van der Waals surface area (Å²) in [5, 5.41) is 10.8. The predicted molar refractivity (Wildman–Crippen MR) is 126 cm³/mol. The van der Waals surface area contributed by atoms with Crippen molar-refractivity contribution in [2.45, 2.75) is 76.2 Å². The highest BCUT2D eigenvalue weighted by Gasteiger charge is 2.52. The first-order valence-electron chi connectivity index (χ1n) is 12.7. The van der Waals surface area contributed by atoms with E-state index in [1.807, 2.05) is 12.4 Å². The average molecular weight is 504 g/mol. The SMILES string of the molecule is CC(O)[C@]1(C(=O)N2CCc3ncc(C(F)(F)F)cc3C2)CCC(N2CCC(c3cncnc3)CC2)C1. The standard InChI is InChI=1S/C26H32F3N5O2/c1-17(35)25(24(36)34-9-5-23-19(15-34)10-21(14-32-23)26(27,28)29)6-2-22(11-25)33-7-3-18(4-8-33)20-12-30-16-31-13-20/h10,12-14,16-18,22,35H,2-9,11,15H2,1H3/t17?,22?,25-/m0/s1. The van der Waals surface area contributed by atoms with Gasteiger partial charge in [0.05, 0.1) is 17.1 Å². The number of amides is 1. The molecule has 0 aromatic carbocycles. The summed E-state index contributed by atoms with van der Waals surface area (Å²) in [6.45, 7) is 3.99. The Bertz CT molecular complexity index is 1090. The monoisotopic (exact) mass is 503 g/mol. The van der Waals surface area contributed by atoms with Crippen LogP contribution in [-0.4, -0.2) is 67.5 Å². The maximum atomic E-state index is 13.8. The van der Waals surface area contributed by atoms with Crippen molar-refractivity contribution in [2.75, 3.05) is 19.6 Å². The Kier molecular flexibility index (Phi) is 6.76. The van der Waals surface area contributed by atoms with Crippen LogP contribution in [0.3, 0.4) is 0 Å². The summed E-state index contributed by atoms with van der Waals surface area (Å²) in [4.78, 5) is 30.2. The zero-order valence-electron chi connectivity index (χ0n) is 20.4. The van der Waals surface area contributed by atoms with Gasteiger partial charge >= 0.3 is 6.18 Å². The highest BCUT2D eigenvalue weighted by Crippen LogP contribution is 2.46. The van der Waals surface area contributed by atoms with Crippen LogP contribution < -0.4 is 0 Å². The number of aliphatic hydroxyl groups excluding tert-OH is 1. The Hall–Kier alpha value is -2.59. The van der Waals surface area contributed by atoms with Crippen molar-refractivity contribution in [2.24, 2.45) is 5.41 Å². The molecule has 1 aliphatic carbocycles. The number of carbonyl (C=O) groups is 1. The Balaban J connectivity index is 1.26. The molecular formula is C26H32F3N5O2. The summed E-state index contributed by atoms with van der Waals surface area (Å²) in [5.74, 6) is 0.273. The number of piperidine rings is 1. The van der Waals surface area contributed by atoms with Crippen molar-refractivity contribution in [1.29, 1.82) is 0 Å². The lowest BCUT2D eigenvalue weighted by Gasteiger charge is -2.40. The van der Waals surface area contributed by atoms with Crippen LogP contribution in [-0.2, 0) is 23.9 Å². The minimum absolute atomic E-state index is 0.0920. The van der Waals surface area contributed by atoms with Gasteiger partial charge in [-0.1, -0.05) is 0 Å². The lowest BCUT2D eigenvalue weighted by molar-refractivity contribution is -0.150. The first kappa shape index (κ1) is 25.1. The largest absolute Gasteiger partial charge is 0.417 e. The molecule has 3 atom stereocenters. The van der Waals surface area contributed by atoms with Crippen molar-refractivity contribution in [3.05, 3.63) is 53.4 Å². The highest BCUT2D eigenvalue weighted by atomic mass is 19.4. The normalized spacial score (nSPS) is 26.6. The summed E-state index contributed by atoms with van der Waals surface area (Å²) in [6.07, 6.45) is 5.21. The molecule has 7 nitrogen and oxygen atoms in total. The van der Waals surface area contributed by atoms with E-state index in [4.69, 9.17) is 0 Å². The third kappa shape index (κ3) is 4.72. The molecule has 1 N–H and O–H groups in total. The fraction of sp³-hybridized carbons (Fsp3) is 0.615. The molecule has 36 heavy (non-hydrogen) atoms. The number of rotatable bonds is 4. The third-order valence-electron chi connectivity index (χ3n) is 8.50. The molecule has 1 saturated heterocycles. The molecule has 2 aromatic rings. The molecule has 194 valence electrons. The zero-order chi connectivity index (χ0) is 25.5. The van der Waals surface area contributed by atoms with Crippen LogP contribution >= 0.6 is 0 Å². The van der Waals surface area contributed by atoms with E-state index in [1.54, 1.807) is 11.8 Å². The summed E-state index contributed by atoms with van der Waals surface area (Å²) in [6, 6.07) is 1.31. The van der Waals surface area contributed by atoms with Gasteiger partial charge in [0.2, 0.25) is 5.91 Å². The third-order valence-corrected chi connectivity index (χ3v) is 8.50. The van der Waals surface area contributed by atoms with Gasteiger partial charge in [0.1, 0.15) is 6.33 Å². The number of pyridine rings is 1. The molecule has 1 amide bonds. The Morgan fingerprint density at radius 2 is 1.86 bits per heavy atom. The Morgan fingerprint density at radius 1 is 1.14 bits per heavy atom. The van der Waals surface area contributed by atoms with E-state index in [1.165, 1.54) is 6.33 Å². The van der Waals surface area contributed by atoms with Gasteiger partial charge in [-0.2, -0.15) is 13.2 Å². The number of fused-ring (bicyclic) bond motifs is 1. The lowest BCUT2D eigenvalue weighted by atomic mass is 9.78. The molecule has 2 fully saturated rings. The highest BCUT2D eigenvalue weighted by molar-refractivity contribution is 5.84. The molecule has 0 spiro atoms. The van der Waals surface area contributed by atoms with Gasteiger partial charge in [-0.05, 0) is 75.2 Å². The van der Waals surface area contributed by atoms with E-state index in [9.17, 15) is 23.1 Å². The van der Waals surface area contributed by atoms with E-state index in [0.717, 1.165) is 50.2 Å². The van der Waals surface area contributed by atoms with Crippen LogP contribution in [0.4, 0.5) is 13.2 Å². The van der Waals surface area contributed by atoms with Gasteiger partial charge < -0.3 is 14.9 Å². The Morgan fingerprint density at radius 3 is 2.53 bits per heavy atom. The summed E-state index contributed by atoms with van der Waals surface area (Å²) >= 11 is 0. The molecule has 5 rings (SSSR count). The second-order valence-electron chi connectivity index (χ2n) is 10.5. The number of hydrogen-bond donors (Lipinski definition) is 1. The zero-order valence-corrected chi connectivity index (χ0v) is 20.4. The molecule has 2 unspecified atom stereocenters. The lowest BCUT2D eigenvalue weighted by Crippen LogP contribution is -2.51. The predicted octanol–water partition coefficient (Wildman–Crippen LogP) is 3.57. The molecule has 3 aliphatic rings. The van der Waals surface area contributed by atoms with Gasteiger partial charge in [-0.15, -0.1) is 0 Å². The number of carbonyl (C=O) groups excluding carboxylic acids is 1. The molecular weight excluding hydrogens is 471 g/mol. The summed E-state index contributed by atoms with van der Waals surface area (Å²) in [7, 11) is 0. The summed E-state index contributed by atoms with van der Waals surface area (Å²) in [5.41, 5.74) is 0.486. The van der Waals surface area contributed by atoms with Crippen molar-refractivity contribution in [3.63, 3.8) is 0 Å². The minimum Gasteiger partial charge on any atom is -0.392 e. The quantitative estimate of drug-likeness (QED) is 0.687. The molecule has 0 radical (unpaired) electrons. The molecule has 10 heteroatoms. The first-order valence-corrected chi connectivity index (χ1v) is 12.7. The molecule has 1 saturated carbocycles. The smallest absolute Gasteiger partial charge is 0.392 e. The topological polar surface area (TPSA) is 82.5 Å². The van der Waals surface area contributed by atoms with Crippen molar-refractivity contribution in [1.82, 2.24) is 24.8 Å². The van der Waals surface area contributed by atoms with Crippen molar-refractivity contribution < 1.29 is 23.1 Å². The number of halogens is 3. The van der Waals surface area contributed by atoms with Crippen LogP contribution in [0.25, 0.3) is 0 Å². The maximum absolute atomic E-state index is 13.8. The van der Waals surface area contributed by atoms with E-state index in [2.05, 4.69) is 19.9 Å². The molecule has 2 aliphatic heterocycles. The Labute approximate surface area is 208 Å². The first-order chi connectivity index (χ1) is 17.2. The van der Waals surface area contributed by atoms with Crippen molar-refractivity contribution in [3.8, 4) is 0 Å². The van der Waals surface area contributed by atoms with E-state index in [0.29, 0.717) is 43.0 Å². The van der Waals surface area contributed by atoms with Gasteiger partial charge in [0, 0.05) is 49.8 Å². The minimum atomic E-state index is -4.48. The van der Waals surface area contributed by atoms with Crippen LogP contribution in [0.5, 0.6) is 0 Å². The number of aromatic nitrogens is 3. The van der Waals surface area contributed by atoms with Crippen LogP contribution in [0.1, 0.15) is 67.3 Å². The summed E-state index contributed by atoms with van der Waals surface area (Å²) < 4.78 is 39.6. The van der Waals surface area contributed by atoms with Gasteiger partial charge in [-0.25, -0.2) is 9.97 Å². The second-order valence-corrected chi connectivity index (χ2v) is 10.5. The number of hydrogen-bond acceptors (Lipinski definition) is 6. The average Bonchev–Trinajstić information content (AvgIpc) is 3.35. The van der Waals surface area contributed by atoms with E-state index < -0.39 is 23.3 Å². The van der Waals surface area contributed by atoms with Crippen molar-refractivity contribution >= 4 is 5.91 Å². The number of nitrogens with zero attached hydrogens (tertiary/aromatic N) is 5. The fourth-order valence-corrected chi connectivity index (χ4v) is 6.30. The number of alkyl halides is 3.